The average Bonchev–Trinajstić information content (AvgIpc) is 2.56. The lowest BCUT2D eigenvalue weighted by atomic mass is 10.1. The van der Waals surface area contributed by atoms with Crippen LogP contribution in [0.1, 0.15) is 18.1 Å². The van der Waals surface area contributed by atoms with Crippen LogP contribution in [0.25, 0.3) is 0 Å². The molecule has 0 bridgehead atoms. The lowest BCUT2D eigenvalue weighted by Gasteiger charge is -2.34. The molecule has 2 atom stereocenters. The van der Waals surface area contributed by atoms with Gasteiger partial charge in [0.2, 0.25) is 5.91 Å². The second-order valence-electron chi connectivity index (χ2n) is 5.68. The Morgan fingerprint density at radius 3 is 2.86 bits per heavy atom. The third kappa shape index (κ3) is 3.98. The number of nitrogens with one attached hydrogen (secondary N) is 1. The maximum absolute atomic E-state index is 12.5. The maximum Gasteiger partial charge on any atom is 0.224 e. The van der Waals surface area contributed by atoms with E-state index in [2.05, 4.69) is 5.32 Å². The molecule has 2 unspecified atom stereocenters. The van der Waals surface area contributed by atoms with Crippen molar-refractivity contribution < 1.29 is 14.3 Å². The summed E-state index contributed by atoms with van der Waals surface area (Å²) in [7, 11) is 0. The van der Waals surface area contributed by atoms with Crippen LogP contribution in [-0.2, 0) is 14.3 Å². The number of halogens is 1. The Morgan fingerprint density at radius 2 is 2.14 bits per heavy atom. The highest BCUT2D eigenvalue weighted by atomic mass is 35.5. The van der Waals surface area contributed by atoms with E-state index in [1.54, 1.807) is 0 Å². The summed E-state index contributed by atoms with van der Waals surface area (Å²) in [5.41, 5.74) is 1.06. The molecule has 22 heavy (non-hydrogen) atoms. The highest BCUT2D eigenvalue weighted by Crippen LogP contribution is 2.24. The summed E-state index contributed by atoms with van der Waals surface area (Å²) in [5, 5.41) is 4.02. The van der Waals surface area contributed by atoms with Crippen LogP contribution < -0.4 is 5.32 Å². The minimum atomic E-state index is -0.0782. The van der Waals surface area contributed by atoms with Crippen LogP contribution in [0.5, 0.6) is 0 Å². The van der Waals surface area contributed by atoms with Gasteiger partial charge in [0, 0.05) is 30.6 Å². The number of amides is 1. The first-order chi connectivity index (χ1) is 10.7. The van der Waals surface area contributed by atoms with E-state index in [0.717, 1.165) is 18.7 Å². The summed E-state index contributed by atoms with van der Waals surface area (Å²) in [6, 6.07) is 7.74. The first-order valence-electron chi connectivity index (χ1n) is 7.68. The summed E-state index contributed by atoms with van der Waals surface area (Å²) in [4.78, 5) is 14.3. The predicted molar refractivity (Wildman–Crippen MR) is 84.0 cm³/mol. The number of carbonyl (C=O) groups is 1. The van der Waals surface area contributed by atoms with Crippen LogP contribution in [0.4, 0.5) is 0 Å². The maximum atomic E-state index is 12.5. The van der Waals surface area contributed by atoms with Crippen molar-refractivity contribution in [2.24, 2.45) is 0 Å². The van der Waals surface area contributed by atoms with E-state index >= 15 is 0 Å². The topological polar surface area (TPSA) is 50.8 Å². The molecule has 1 N–H and O–H groups in total. The Balaban J connectivity index is 1.57. The second-order valence-corrected chi connectivity index (χ2v) is 6.12. The fourth-order valence-corrected chi connectivity index (χ4v) is 2.97. The van der Waals surface area contributed by atoms with Gasteiger partial charge in [-0.15, -0.1) is 0 Å². The molecule has 2 aliphatic heterocycles. The number of ether oxygens (including phenoxy) is 2. The zero-order valence-corrected chi connectivity index (χ0v) is 13.2. The van der Waals surface area contributed by atoms with Crippen LogP contribution in [0.3, 0.4) is 0 Å². The van der Waals surface area contributed by atoms with Crippen molar-refractivity contribution in [1.82, 2.24) is 10.2 Å². The SMILES string of the molecule is O=C(CC1COCCN1)N1CCOC(c2ccc(Cl)cc2)C1. The Bertz CT molecular complexity index is 503. The number of hydrogen-bond acceptors (Lipinski definition) is 4. The molecule has 120 valence electrons. The Morgan fingerprint density at radius 1 is 1.32 bits per heavy atom. The quantitative estimate of drug-likeness (QED) is 0.918. The van der Waals surface area contributed by atoms with Gasteiger partial charge in [-0.05, 0) is 17.7 Å². The van der Waals surface area contributed by atoms with Crippen LogP contribution in [0.2, 0.25) is 5.02 Å². The normalized spacial score (nSPS) is 26.0. The van der Waals surface area contributed by atoms with Crippen molar-refractivity contribution in [3.63, 3.8) is 0 Å². The summed E-state index contributed by atoms with van der Waals surface area (Å²) >= 11 is 5.91. The summed E-state index contributed by atoms with van der Waals surface area (Å²) in [5.74, 6) is 0.158. The van der Waals surface area contributed by atoms with Gasteiger partial charge in [0.25, 0.3) is 0 Å². The Labute approximate surface area is 135 Å². The Kier molecular flexibility index (Phi) is 5.31. The molecule has 5 nitrogen and oxygen atoms in total. The van der Waals surface area contributed by atoms with Gasteiger partial charge in [0.15, 0.2) is 0 Å². The standard InChI is InChI=1S/C16H21ClN2O3/c17-13-3-1-12(2-4-13)15-10-19(6-8-22-15)16(20)9-14-11-21-7-5-18-14/h1-4,14-15,18H,5-11H2. The number of morpholine rings is 2. The van der Waals surface area contributed by atoms with Gasteiger partial charge in [-0.1, -0.05) is 23.7 Å². The van der Waals surface area contributed by atoms with Crippen molar-refractivity contribution in [2.45, 2.75) is 18.6 Å². The van der Waals surface area contributed by atoms with Crippen molar-refractivity contribution in [3.05, 3.63) is 34.9 Å². The molecule has 0 spiro atoms. The molecule has 0 aromatic heterocycles. The molecule has 1 aromatic rings. The lowest BCUT2D eigenvalue weighted by molar-refractivity contribution is -0.140. The number of carbonyl (C=O) groups excluding carboxylic acids is 1. The van der Waals surface area contributed by atoms with Crippen molar-refractivity contribution in [3.8, 4) is 0 Å². The predicted octanol–water partition coefficient (Wildman–Crippen LogP) is 1.62. The fraction of sp³-hybridized carbons (Fsp3) is 0.562. The van der Waals surface area contributed by atoms with E-state index in [4.69, 9.17) is 21.1 Å². The third-order valence-electron chi connectivity index (χ3n) is 4.08. The van der Waals surface area contributed by atoms with Gasteiger partial charge >= 0.3 is 0 Å². The fourth-order valence-electron chi connectivity index (χ4n) is 2.85. The third-order valence-corrected chi connectivity index (χ3v) is 4.33. The van der Waals surface area contributed by atoms with Gasteiger partial charge in [-0.3, -0.25) is 4.79 Å². The smallest absolute Gasteiger partial charge is 0.224 e. The molecule has 2 aliphatic rings. The first-order valence-corrected chi connectivity index (χ1v) is 8.06. The summed E-state index contributed by atoms with van der Waals surface area (Å²) < 4.78 is 11.2. The number of rotatable bonds is 3. The highest BCUT2D eigenvalue weighted by Gasteiger charge is 2.27. The molecule has 1 amide bonds. The molecule has 6 heteroatoms. The van der Waals surface area contributed by atoms with E-state index in [1.165, 1.54) is 0 Å². The molecule has 2 heterocycles. The van der Waals surface area contributed by atoms with Crippen LogP contribution in [0.15, 0.2) is 24.3 Å². The van der Waals surface area contributed by atoms with Gasteiger partial charge in [0.1, 0.15) is 6.10 Å². The average molecular weight is 325 g/mol. The number of nitrogens with zero attached hydrogens (tertiary/aromatic N) is 1. The summed E-state index contributed by atoms with van der Waals surface area (Å²) in [6.45, 7) is 3.95. The minimum Gasteiger partial charge on any atom is -0.378 e. The monoisotopic (exact) mass is 324 g/mol. The van der Waals surface area contributed by atoms with E-state index in [1.807, 2.05) is 29.2 Å². The van der Waals surface area contributed by atoms with Gasteiger partial charge in [0.05, 0.1) is 26.4 Å². The van der Waals surface area contributed by atoms with Crippen molar-refractivity contribution in [1.29, 1.82) is 0 Å². The van der Waals surface area contributed by atoms with Gasteiger partial charge < -0.3 is 19.7 Å². The second kappa shape index (κ2) is 7.42. The first kappa shape index (κ1) is 15.7. The number of benzene rings is 1. The molecule has 2 fully saturated rings. The van der Waals surface area contributed by atoms with Crippen LogP contribution in [-0.4, -0.2) is 56.3 Å². The molecule has 1 aromatic carbocycles. The van der Waals surface area contributed by atoms with Crippen molar-refractivity contribution in [2.75, 3.05) is 39.5 Å². The minimum absolute atomic E-state index is 0.0782. The van der Waals surface area contributed by atoms with Gasteiger partial charge in [-0.2, -0.15) is 0 Å². The van der Waals surface area contributed by atoms with Gasteiger partial charge in [-0.25, -0.2) is 0 Å². The summed E-state index contributed by atoms with van der Waals surface area (Å²) in [6.07, 6.45) is 0.401. The molecular weight excluding hydrogens is 304 g/mol. The molecule has 3 rings (SSSR count). The highest BCUT2D eigenvalue weighted by molar-refractivity contribution is 6.30. The number of hydrogen-bond donors (Lipinski definition) is 1. The van der Waals surface area contributed by atoms with Crippen molar-refractivity contribution >= 4 is 17.5 Å². The molecule has 0 saturated carbocycles. The van der Waals surface area contributed by atoms with Crippen LogP contribution >= 0.6 is 11.6 Å². The molecule has 0 radical (unpaired) electrons. The molecular formula is C16H21ClN2O3. The largest absolute Gasteiger partial charge is 0.378 e. The Hall–Kier alpha value is -1.14. The van der Waals surface area contributed by atoms with Crippen LogP contribution in [0, 0.1) is 0 Å². The zero-order valence-electron chi connectivity index (χ0n) is 12.5. The van der Waals surface area contributed by atoms with E-state index in [-0.39, 0.29) is 18.1 Å². The lowest BCUT2D eigenvalue weighted by Crippen LogP contribution is -2.48. The molecule has 2 saturated heterocycles. The van der Waals surface area contributed by atoms with E-state index in [0.29, 0.717) is 37.7 Å². The van der Waals surface area contributed by atoms with E-state index < -0.39 is 0 Å². The zero-order chi connectivity index (χ0) is 15.4. The molecule has 0 aliphatic carbocycles. The van der Waals surface area contributed by atoms with E-state index in [9.17, 15) is 4.79 Å².